The summed E-state index contributed by atoms with van der Waals surface area (Å²) in [4.78, 5) is 34.7. The third kappa shape index (κ3) is 8.05. The highest BCUT2D eigenvalue weighted by molar-refractivity contribution is 5.83. The van der Waals surface area contributed by atoms with Crippen molar-refractivity contribution in [1.82, 2.24) is 0 Å². The van der Waals surface area contributed by atoms with Gasteiger partial charge < -0.3 is 36.0 Å². The summed E-state index contributed by atoms with van der Waals surface area (Å²) < 4.78 is 5.61. The molecule has 10 nitrogen and oxygen atoms in total. The number of ketones is 1. The summed E-state index contributed by atoms with van der Waals surface area (Å²) in [7, 11) is 0. The number of nitrogens with two attached hydrogens (primary N) is 1. The molecule has 0 bridgehead atoms. The van der Waals surface area contributed by atoms with Gasteiger partial charge in [-0.3, -0.25) is 4.79 Å². The topological polar surface area (TPSA) is 188 Å². The number of aliphatic carboxylic acids is 2. The monoisotopic (exact) mass is 533 g/mol. The van der Waals surface area contributed by atoms with Crippen LogP contribution in [-0.2, 0) is 19.1 Å². The second kappa shape index (κ2) is 13.3. The number of hydrogen-bond donors (Lipinski definition) is 6. The van der Waals surface area contributed by atoms with Crippen molar-refractivity contribution in [2.24, 2.45) is 17.1 Å². The van der Waals surface area contributed by atoms with Crippen LogP contribution in [0.1, 0.15) is 47.0 Å². The Bertz CT molecular complexity index is 1070. The highest BCUT2D eigenvalue weighted by Crippen LogP contribution is 2.47. The van der Waals surface area contributed by atoms with E-state index in [4.69, 9.17) is 15.6 Å². The van der Waals surface area contributed by atoms with E-state index in [1.807, 2.05) is 39.0 Å². The maximum atomic E-state index is 12.4. The van der Waals surface area contributed by atoms with Crippen molar-refractivity contribution in [1.29, 1.82) is 0 Å². The number of carboxylic acids is 2. The normalized spacial score (nSPS) is 30.7. The van der Waals surface area contributed by atoms with Gasteiger partial charge >= 0.3 is 11.9 Å². The highest BCUT2D eigenvalue weighted by atomic mass is 16.6. The summed E-state index contributed by atoms with van der Waals surface area (Å²) >= 11 is 0. The predicted molar refractivity (Wildman–Crippen MR) is 140 cm³/mol. The SMILES string of the molecule is CC(/C=C/C1=C(CC(=O)CN)C[C@@H]([C@@H]2O[C@H](C(=O)O)[C@@H](O)[C@H](O)[C@H]2O)CC1(C)C)=C\C=C\C(C)=C\C(=O)O. The molecule has 0 aromatic carbocycles. The molecular formula is C28H39NO9. The Labute approximate surface area is 222 Å². The van der Waals surface area contributed by atoms with Gasteiger partial charge in [0.15, 0.2) is 6.10 Å². The van der Waals surface area contributed by atoms with Gasteiger partial charge in [-0.05, 0) is 49.2 Å². The highest BCUT2D eigenvalue weighted by Gasteiger charge is 2.51. The third-order valence-electron chi connectivity index (χ3n) is 6.97. The van der Waals surface area contributed by atoms with Crippen molar-refractivity contribution >= 4 is 17.7 Å². The molecule has 38 heavy (non-hydrogen) atoms. The van der Waals surface area contributed by atoms with Gasteiger partial charge in [-0.25, -0.2) is 9.59 Å². The van der Waals surface area contributed by atoms with Crippen LogP contribution >= 0.6 is 0 Å². The maximum absolute atomic E-state index is 12.4. The quantitative estimate of drug-likeness (QED) is 0.178. The Morgan fingerprint density at radius 2 is 1.68 bits per heavy atom. The van der Waals surface area contributed by atoms with E-state index in [2.05, 4.69) is 0 Å². The number of aliphatic hydroxyl groups excluding tert-OH is 3. The molecule has 2 aliphatic rings. The zero-order chi connectivity index (χ0) is 28.8. The molecule has 0 radical (unpaired) electrons. The smallest absolute Gasteiger partial charge is 0.335 e. The molecule has 1 aliphatic heterocycles. The van der Waals surface area contributed by atoms with Gasteiger partial charge in [-0.15, -0.1) is 0 Å². The Kier molecular flexibility index (Phi) is 10.9. The second-order valence-corrected chi connectivity index (χ2v) is 10.7. The van der Waals surface area contributed by atoms with Gasteiger partial charge in [0.2, 0.25) is 0 Å². The third-order valence-corrected chi connectivity index (χ3v) is 6.97. The van der Waals surface area contributed by atoms with E-state index >= 15 is 0 Å². The fourth-order valence-corrected chi connectivity index (χ4v) is 5.16. The summed E-state index contributed by atoms with van der Waals surface area (Å²) in [5.74, 6) is -3.06. The van der Waals surface area contributed by atoms with Crippen molar-refractivity contribution in [3.8, 4) is 0 Å². The number of carbonyl (C=O) groups excluding carboxylic acids is 1. The summed E-state index contributed by atoms with van der Waals surface area (Å²) in [5.41, 5.74) is 8.23. The fraction of sp³-hybridized carbons (Fsp3) is 0.536. The van der Waals surface area contributed by atoms with Crippen molar-refractivity contribution in [3.63, 3.8) is 0 Å². The van der Waals surface area contributed by atoms with Crippen LogP contribution in [0.3, 0.4) is 0 Å². The molecule has 0 unspecified atom stereocenters. The van der Waals surface area contributed by atoms with Crippen LogP contribution in [0.2, 0.25) is 0 Å². The van der Waals surface area contributed by atoms with E-state index in [0.29, 0.717) is 18.4 Å². The van der Waals surface area contributed by atoms with E-state index in [-0.39, 0.29) is 18.7 Å². The number of Topliss-reactive ketones (excluding diaryl/α,β-unsaturated/α-hetero) is 1. The molecule has 1 aliphatic carbocycles. The molecule has 0 amide bonds. The minimum atomic E-state index is -1.77. The zero-order valence-corrected chi connectivity index (χ0v) is 22.2. The maximum Gasteiger partial charge on any atom is 0.335 e. The second-order valence-electron chi connectivity index (χ2n) is 10.7. The predicted octanol–water partition coefficient (Wildman–Crippen LogP) is 1.66. The zero-order valence-electron chi connectivity index (χ0n) is 22.2. The van der Waals surface area contributed by atoms with Crippen LogP contribution in [0.25, 0.3) is 0 Å². The largest absolute Gasteiger partial charge is 0.479 e. The summed E-state index contributed by atoms with van der Waals surface area (Å²) in [6.07, 6.45) is 3.31. The molecule has 1 fully saturated rings. The number of hydrogen-bond acceptors (Lipinski definition) is 8. The van der Waals surface area contributed by atoms with Gasteiger partial charge in [0, 0.05) is 12.5 Å². The molecule has 1 saturated heterocycles. The summed E-state index contributed by atoms with van der Waals surface area (Å²) in [6.45, 7) is 7.36. The number of allylic oxidation sites excluding steroid dienone is 9. The summed E-state index contributed by atoms with van der Waals surface area (Å²) in [6, 6.07) is 0. The van der Waals surface area contributed by atoms with Gasteiger partial charge in [-0.1, -0.05) is 55.4 Å². The number of rotatable bonds is 10. The minimum Gasteiger partial charge on any atom is -0.479 e. The standard InChI is InChI=1S/C28H39NO9/c1-15(6-5-7-16(2)10-21(31)32)8-9-20-17(12-19(30)14-29)11-18(13-28(20,3)4)25-23(34)22(33)24(35)26(38-25)27(36)37/h5-10,18,22-26,33-35H,11-14,29H2,1-4H3,(H,31,32)(H,36,37)/b7-5+,9-8+,15-6+,16-10+/t18-,22-,23-,24+,25+,26+/m1/s1. The van der Waals surface area contributed by atoms with Gasteiger partial charge in [-0.2, -0.15) is 0 Å². The minimum absolute atomic E-state index is 0.0777. The molecule has 10 heteroatoms. The molecular weight excluding hydrogens is 494 g/mol. The first-order valence-corrected chi connectivity index (χ1v) is 12.5. The lowest BCUT2D eigenvalue weighted by molar-refractivity contribution is -0.239. The van der Waals surface area contributed by atoms with E-state index in [9.17, 15) is 34.8 Å². The Morgan fingerprint density at radius 3 is 2.26 bits per heavy atom. The number of carboxylic acid groups (broad SMARTS) is 2. The first-order valence-electron chi connectivity index (χ1n) is 12.5. The first-order chi connectivity index (χ1) is 17.7. The first kappa shape index (κ1) is 31.3. The van der Waals surface area contributed by atoms with Gasteiger partial charge in [0.1, 0.15) is 24.1 Å². The Hall–Kier alpha value is -2.89. The average molecular weight is 534 g/mol. The number of carbonyl (C=O) groups is 3. The van der Waals surface area contributed by atoms with Crippen molar-refractivity contribution in [3.05, 3.63) is 58.7 Å². The molecule has 0 aromatic heterocycles. The van der Waals surface area contributed by atoms with Crippen molar-refractivity contribution < 1.29 is 44.7 Å². The van der Waals surface area contributed by atoms with Crippen LogP contribution in [0, 0.1) is 11.3 Å². The van der Waals surface area contributed by atoms with Crippen LogP contribution in [0.15, 0.2) is 58.7 Å². The van der Waals surface area contributed by atoms with Crippen LogP contribution in [0.4, 0.5) is 0 Å². The average Bonchev–Trinajstić information content (AvgIpc) is 2.80. The molecule has 0 saturated carbocycles. The van der Waals surface area contributed by atoms with Crippen LogP contribution < -0.4 is 5.73 Å². The number of ether oxygens (including phenoxy) is 1. The van der Waals surface area contributed by atoms with Crippen LogP contribution in [-0.4, -0.2) is 80.3 Å². The van der Waals surface area contributed by atoms with Gasteiger partial charge in [0.25, 0.3) is 0 Å². The molecule has 1 heterocycles. The fourth-order valence-electron chi connectivity index (χ4n) is 5.16. The molecule has 210 valence electrons. The molecule has 0 aromatic rings. The number of aliphatic hydroxyl groups is 3. The van der Waals surface area contributed by atoms with E-state index in [1.54, 1.807) is 19.1 Å². The van der Waals surface area contributed by atoms with Crippen molar-refractivity contribution in [2.45, 2.75) is 77.5 Å². The van der Waals surface area contributed by atoms with Gasteiger partial charge in [0.05, 0.1) is 12.6 Å². The molecule has 7 N–H and O–H groups in total. The molecule has 6 atom stereocenters. The summed E-state index contributed by atoms with van der Waals surface area (Å²) in [5, 5.41) is 49.3. The van der Waals surface area contributed by atoms with Crippen molar-refractivity contribution in [2.75, 3.05) is 6.54 Å². The Morgan fingerprint density at radius 1 is 1.03 bits per heavy atom. The molecule has 2 rings (SSSR count). The van der Waals surface area contributed by atoms with E-state index in [1.165, 1.54) is 0 Å². The van der Waals surface area contributed by atoms with E-state index in [0.717, 1.165) is 22.8 Å². The molecule has 0 spiro atoms. The lowest BCUT2D eigenvalue weighted by Gasteiger charge is -2.47. The Balaban J connectivity index is 2.39. The lowest BCUT2D eigenvalue weighted by atomic mass is 9.64. The lowest BCUT2D eigenvalue weighted by Crippen LogP contribution is -2.61. The van der Waals surface area contributed by atoms with Crippen LogP contribution in [0.5, 0.6) is 0 Å². The van der Waals surface area contributed by atoms with E-state index < -0.39 is 53.8 Å².